The minimum absolute atomic E-state index is 0.0529. The summed E-state index contributed by atoms with van der Waals surface area (Å²) >= 11 is 0. The molecule has 2 aromatic rings. The monoisotopic (exact) mass is 271 g/mol. The zero-order valence-corrected chi connectivity index (χ0v) is 11.8. The van der Waals surface area contributed by atoms with Crippen LogP contribution < -0.4 is 0 Å². The summed E-state index contributed by atoms with van der Waals surface area (Å²) in [4.78, 5) is 6.39. The summed E-state index contributed by atoms with van der Waals surface area (Å²) in [5.74, 6) is 0.667. The predicted octanol–water partition coefficient (Wildman–Crippen LogP) is 2.07. The van der Waals surface area contributed by atoms with Crippen molar-refractivity contribution in [1.29, 1.82) is 0 Å². The Morgan fingerprint density at radius 2 is 2.05 bits per heavy atom. The van der Waals surface area contributed by atoms with Crippen LogP contribution in [0.3, 0.4) is 0 Å². The zero-order chi connectivity index (χ0) is 13.9. The Morgan fingerprint density at radius 1 is 1.30 bits per heavy atom. The van der Waals surface area contributed by atoms with Crippen molar-refractivity contribution in [3.63, 3.8) is 0 Å². The maximum Gasteiger partial charge on any atom is 0.0991 e. The molecule has 1 aromatic heterocycles. The fraction of sp³-hybridized carbons (Fsp3) is 0.438. The van der Waals surface area contributed by atoms with Gasteiger partial charge in [-0.2, -0.15) is 0 Å². The standard InChI is InChI=1S/C16H21N3O/c1-18(11-14-8-16(20)9-14)10-13-2-4-15(5-3-13)19-7-6-17-12-19/h2-7,12,14,16,20H,8-11H2,1H3. The molecule has 0 bridgehead atoms. The molecular formula is C16H21N3O. The molecule has 1 fully saturated rings. The molecule has 0 saturated heterocycles. The van der Waals surface area contributed by atoms with Crippen LogP contribution in [-0.2, 0) is 6.54 Å². The van der Waals surface area contributed by atoms with Gasteiger partial charge in [-0.3, -0.25) is 0 Å². The summed E-state index contributed by atoms with van der Waals surface area (Å²) in [5, 5.41) is 9.32. The first-order chi connectivity index (χ1) is 9.70. The Balaban J connectivity index is 1.55. The third kappa shape index (κ3) is 3.08. The minimum Gasteiger partial charge on any atom is -0.393 e. The van der Waals surface area contributed by atoms with E-state index >= 15 is 0 Å². The second kappa shape index (κ2) is 5.77. The quantitative estimate of drug-likeness (QED) is 0.905. The Kier molecular flexibility index (Phi) is 3.85. The number of rotatable bonds is 5. The van der Waals surface area contributed by atoms with Gasteiger partial charge in [-0.05, 0) is 43.5 Å². The molecule has 0 unspecified atom stereocenters. The number of hydrogen-bond acceptors (Lipinski definition) is 3. The van der Waals surface area contributed by atoms with E-state index < -0.39 is 0 Å². The normalized spacial score (nSPS) is 21.9. The average Bonchev–Trinajstić information content (AvgIpc) is 2.92. The van der Waals surface area contributed by atoms with Crippen LogP contribution in [0.2, 0.25) is 0 Å². The van der Waals surface area contributed by atoms with Gasteiger partial charge in [0.05, 0.1) is 12.4 Å². The molecule has 1 N–H and O–H groups in total. The van der Waals surface area contributed by atoms with Crippen molar-refractivity contribution in [3.05, 3.63) is 48.5 Å². The Hall–Kier alpha value is -1.65. The van der Waals surface area contributed by atoms with Crippen LogP contribution in [0.1, 0.15) is 18.4 Å². The highest BCUT2D eigenvalue weighted by Gasteiger charge is 2.27. The second-order valence-electron chi connectivity index (χ2n) is 5.82. The van der Waals surface area contributed by atoms with Gasteiger partial charge in [0, 0.05) is 31.2 Å². The van der Waals surface area contributed by atoms with Crippen LogP contribution in [0.4, 0.5) is 0 Å². The topological polar surface area (TPSA) is 41.3 Å². The van der Waals surface area contributed by atoms with Crippen LogP contribution in [0.15, 0.2) is 43.0 Å². The van der Waals surface area contributed by atoms with Gasteiger partial charge in [0.2, 0.25) is 0 Å². The number of nitrogens with zero attached hydrogens (tertiary/aromatic N) is 3. The van der Waals surface area contributed by atoms with Gasteiger partial charge in [0.15, 0.2) is 0 Å². The van der Waals surface area contributed by atoms with E-state index in [-0.39, 0.29) is 6.10 Å². The molecule has 106 valence electrons. The first kappa shape index (κ1) is 13.3. The number of hydrogen-bond donors (Lipinski definition) is 1. The van der Waals surface area contributed by atoms with Gasteiger partial charge in [0.25, 0.3) is 0 Å². The lowest BCUT2D eigenvalue weighted by molar-refractivity contribution is 0.0274. The lowest BCUT2D eigenvalue weighted by atomic mass is 9.82. The van der Waals surface area contributed by atoms with E-state index in [1.54, 1.807) is 6.20 Å². The van der Waals surface area contributed by atoms with Crippen molar-refractivity contribution in [2.75, 3.05) is 13.6 Å². The van der Waals surface area contributed by atoms with E-state index in [1.165, 1.54) is 5.56 Å². The molecule has 1 aliphatic carbocycles. The van der Waals surface area contributed by atoms with E-state index in [2.05, 4.69) is 41.2 Å². The van der Waals surface area contributed by atoms with Gasteiger partial charge in [-0.25, -0.2) is 4.98 Å². The number of aliphatic hydroxyl groups is 1. The predicted molar refractivity (Wildman–Crippen MR) is 78.6 cm³/mol. The van der Waals surface area contributed by atoms with Crippen LogP contribution in [-0.4, -0.2) is 39.3 Å². The highest BCUT2D eigenvalue weighted by Crippen LogP contribution is 2.27. The van der Waals surface area contributed by atoms with Gasteiger partial charge in [-0.1, -0.05) is 12.1 Å². The third-order valence-electron chi connectivity index (χ3n) is 3.97. The van der Waals surface area contributed by atoms with Crippen LogP contribution in [0, 0.1) is 5.92 Å². The van der Waals surface area contributed by atoms with Crippen molar-refractivity contribution in [2.45, 2.75) is 25.5 Å². The number of aromatic nitrogens is 2. The Bertz CT molecular complexity index is 529. The van der Waals surface area contributed by atoms with Crippen molar-refractivity contribution in [3.8, 4) is 5.69 Å². The van der Waals surface area contributed by atoms with E-state index in [9.17, 15) is 5.11 Å². The summed E-state index contributed by atoms with van der Waals surface area (Å²) in [6.07, 6.45) is 7.41. The molecule has 20 heavy (non-hydrogen) atoms. The zero-order valence-electron chi connectivity index (χ0n) is 11.8. The lowest BCUT2D eigenvalue weighted by Gasteiger charge is -2.34. The maximum atomic E-state index is 9.32. The smallest absolute Gasteiger partial charge is 0.0991 e. The second-order valence-corrected chi connectivity index (χ2v) is 5.82. The van der Waals surface area contributed by atoms with Crippen molar-refractivity contribution in [2.24, 2.45) is 5.92 Å². The Labute approximate surface area is 119 Å². The summed E-state index contributed by atoms with van der Waals surface area (Å²) in [6, 6.07) is 8.58. The Morgan fingerprint density at radius 3 is 2.65 bits per heavy atom. The van der Waals surface area contributed by atoms with Crippen LogP contribution >= 0.6 is 0 Å². The number of benzene rings is 1. The highest BCUT2D eigenvalue weighted by molar-refractivity contribution is 5.34. The molecule has 3 rings (SSSR count). The highest BCUT2D eigenvalue weighted by atomic mass is 16.3. The van der Waals surface area contributed by atoms with E-state index in [0.717, 1.165) is 31.6 Å². The van der Waals surface area contributed by atoms with Crippen molar-refractivity contribution < 1.29 is 5.11 Å². The van der Waals surface area contributed by atoms with E-state index in [4.69, 9.17) is 0 Å². The molecule has 1 aliphatic rings. The van der Waals surface area contributed by atoms with Crippen molar-refractivity contribution >= 4 is 0 Å². The molecule has 0 atom stereocenters. The minimum atomic E-state index is -0.0529. The summed E-state index contributed by atoms with van der Waals surface area (Å²) in [6.45, 7) is 2.02. The molecule has 1 saturated carbocycles. The van der Waals surface area contributed by atoms with E-state index in [0.29, 0.717) is 5.92 Å². The van der Waals surface area contributed by atoms with E-state index in [1.807, 2.05) is 17.1 Å². The molecule has 0 radical (unpaired) electrons. The molecule has 0 spiro atoms. The van der Waals surface area contributed by atoms with Gasteiger partial charge < -0.3 is 14.6 Å². The number of aliphatic hydroxyl groups excluding tert-OH is 1. The first-order valence-corrected chi connectivity index (χ1v) is 7.14. The number of imidazole rings is 1. The van der Waals surface area contributed by atoms with Crippen molar-refractivity contribution in [1.82, 2.24) is 14.5 Å². The fourth-order valence-corrected chi connectivity index (χ4v) is 2.85. The summed E-state index contributed by atoms with van der Waals surface area (Å²) < 4.78 is 2.00. The summed E-state index contributed by atoms with van der Waals surface area (Å²) in [7, 11) is 2.15. The van der Waals surface area contributed by atoms with Crippen LogP contribution in [0.25, 0.3) is 5.69 Å². The van der Waals surface area contributed by atoms with Crippen LogP contribution in [0.5, 0.6) is 0 Å². The molecule has 4 nitrogen and oxygen atoms in total. The molecule has 0 aliphatic heterocycles. The summed E-state index contributed by atoms with van der Waals surface area (Å²) in [5.41, 5.74) is 2.45. The lowest BCUT2D eigenvalue weighted by Crippen LogP contribution is -2.36. The largest absolute Gasteiger partial charge is 0.393 e. The molecule has 1 heterocycles. The molecular weight excluding hydrogens is 250 g/mol. The SMILES string of the molecule is CN(Cc1ccc(-n2ccnc2)cc1)CC1CC(O)C1. The van der Waals surface area contributed by atoms with Gasteiger partial charge in [-0.15, -0.1) is 0 Å². The molecule has 1 aromatic carbocycles. The van der Waals surface area contributed by atoms with Gasteiger partial charge in [0.1, 0.15) is 0 Å². The molecule has 0 amide bonds. The average molecular weight is 271 g/mol. The maximum absolute atomic E-state index is 9.32. The molecule has 4 heteroatoms. The first-order valence-electron chi connectivity index (χ1n) is 7.14. The third-order valence-corrected chi connectivity index (χ3v) is 3.97. The van der Waals surface area contributed by atoms with Gasteiger partial charge >= 0.3 is 0 Å². The fourth-order valence-electron chi connectivity index (χ4n) is 2.85.